The van der Waals surface area contributed by atoms with Crippen molar-refractivity contribution in [3.63, 3.8) is 0 Å². The van der Waals surface area contributed by atoms with Gasteiger partial charge in [0, 0.05) is 22.3 Å². The van der Waals surface area contributed by atoms with Crippen molar-refractivity contribution in [1.29, 1.82) is 0 Å². The molecule has 1 N–H and O–H groups in total. The van der Waals surface area contributed by atoms with Gasteiger partial charge in [0.25, 0.3) is 5.91 Å². The topological polar surface area (TPSA) is 55.4 Å². The van der Waals surface area contributed by atoms with Crippen molar-refractivity contribution in [3.8, 4) is 0 Å². The molecule has 0 heterocycles. The second-order valence-electron chi connectivity index (χ2n) is 4.67. The lowest BCUT2D eigenvalue weighted by Crippen LogP contribution is -2.11. The summed E-state index contributed by atoms with van der Waals surface area (Å²) in [5.74, 6) is -0.593. The second kappa shape index (κ2) is 8.15. The quantitative estimate of drug-likeness (QED) is 0.661. The molecule has 2 aromatic rings. The zero-order valence-electron chi connectivity index (χ0n) is 12.6. The van der Waals surface area contributed by atoms with Crippen molar-refractivity contribution in [2.75, 3.05) is 11.9 Å². The molecule has 0 saturated carbocycles. The molecule has 0 aliphatic rings. The molecular weight excluding hydrogens is 314 g/mol. The van der Waals surface area contributed by atoms with E-state index in [1.807, 2.05) is 0 Å². The Morgan fingerprint density at radius 2 is 1.74 bits per heavy atom. The Bertz CT molecular complexity index is 706. The van der Waals surface area contributed by atoms with Gasteiger partial charge in [0.1, 0.15) is 0 Å². The van der Waals surface area contributed by atoms with E-state index in [0.29, 0.717) is 22.9 Å². The first-order chi connectivity index (χ1) is 11.1. The van der Waals surface area contributed by atoms with E-state index >= 15 is 0 Å². The minimum Gasteiger partial charge on any atom is -0.463 e. The predicted octanol–water partition coefficient (Wildman–Crippen LogP) is 4.17. The van der Waals surface area contributed by atoms with Gasteiger partial charge in [-0.1, -0.05) is 23.7 Å². The largest absolute Gasteiger partial charge is 0.463 e. The highest BCUT2D eigenvalue weighted by atomic mass is 35.5. The summed E-state index contributed by atoms with van der Waals surface area (Å²) in [5.41, 5.74) is 2.03. The molecule has 0 saturated heterocycles. The van der Waals surface area contributed by atoms with E-state index in [-0.39, 0.29) is 11.9 Å². The van der Waals surface area contributed by atoms with Crippen molar-refractivity contribution in [2.24, 2.45) is 0 Å². The van der Waals surface area contributed by atoms with Crippen LogP contribution in [-0.4, -0.2) is 18.5 Å². The van der Waals surface area contributed by atoms with E-state index in [4.69, 9.17) is 16.3 Å². The number of esters is 1. The lowest BCUT2D eigenvalue weighted by Gasteiger charge is -2.05. The lowest BCUT2D eigenvalue weighted by molar-refractivity contribution is -0.137. The average molecular weight is 330 g/mol. The van der Waals surface area contributed by atoms with Gasteiger partial charge in [0.05, 0.1) is 6.61 Å². The summed E-state index contributed by atoms with van der Waals surface area (Å²) >= 11 is 5.79. The van der Waals surface area contributed by atoms with E-state index in [1.165, 1.54) is 6.08 Å². The average Bonchev–Trinajstić information content (AvgIpc) is 2.55. The molecule has 0 aromatic heterocycles. The van der Waals surface area contributed by atoms with E-state index in [2.05, 4.69) is 5.32 Å². The highest BCUT2D eigenvalue weighted by Crippen LogP contribution is 2.14. The van der Waals surface area contributed by atoms with E-state index in [0.717, 1.165) is 5.56 Å². The fourth-order valence-electron chi connectivity index (χ4n) is 1.84. The maximum atomic E-state index is 12.1. The van der Waals surface area contributed by atoms with Crippen LogP contribution in [0.4, 0.5) is 5.69 Å². The molecule has 0 unspecified atom stereocenters. The normalized spacial score (nSPS) is 10.5. The molecule has 2 aromatic carbocycles. The van der Waals surface area contributed by atoms with Gasteiger partial charge in [-0.15, -0.1) is 0 Å². The number of halogens is 1. The monoisotopic (exact) mass is 329 g/mol. The molecule has 0 fully saturated rings. The number of benzene rings is 2. The third-order valence-electron chi connectivity index (χ3n) is 2.97. The van der Waals surface area contributed by atoms with Crippen LogP contribution in [-0.2, 0) is 9.53 Å². The van der Waals surface area contributed by atoms with Crippen LogP contribution in [0.5, 0.6) is 0 Å². The third-order valence-corrected chi connectivity index (χ3v) is 3.23. The minimum atomic E-state index is -0.382. The molecule has 0 aliphatic carbocycles. The van der Waals surface area contributed by atoms with Gasteiger partial charge in [-0.25, -0.2) is 4.79 Å². The Balaban J connectivity index is 1.98. The van der Waals surface area contributed by atoms with Crippen LogP contribution < -0.4 is 5.32 Å². The highest BCUT2D eigenvalue weighted by Gasteiger charge is 2.05. The van der Waals surface area contributed by atoms with Crippen molar-refractivity contribution in [1.82, 2.24) is 0 Å². The van der Waals surface area contributed by atoms with Crippen LogP contribution in [0.3, 0.4) is 0 Å². The Hall–Kier alpha value is -2.59. The predicted molar refractivity (Wildman–Crippen MR) is 91.5 cm³/mol. The number of rotatable bonds is 5. The van der Waals surface area contributed by atoms with Gasteiger partial charge in [-0.2, -0.15) is 0 Å². The number of carbonyl (C=O) groups is 2. The van der Waals surface area contributed by atoms with E-state index < -0.39 is 0 Å². The summed E-state index contributed by atoms with van der Waals surface area (Å²) in [6.07, 6.45) is 3.02. The van der Waals surface area contributed by atoms with Gasteiger partial charge in [0.15, 0.2) is 0 Å². The lowest BCUT2D eigenvalue weighted by atomic mass is 10.1. The summed E-state index contributed by atoms with van der Waals surface area (Å²) in [6, 6.07) is 13.8. The molecule has 0 atom stereocenters. The molecule has 1 amide bonds. The Kier molecular flexibility index (Phi) is 5.94. The third kappa shape index (κ3) is 5.27. The minimum absolute atomic E-state index is 0.212. The fraction of sp³-hybridized carbons (Fsp3) is 0.111. The number of hydrogen-bond donors (Lipinski definition) is 1. The Labute approximate surface area is 139 Å². The highest BCUT2D eigenvalue weighted by molar-refractivity contribution is 6.30. The summed E-state index contributed by atoms with van der Waals surface area (Å²) < 4.78 is 4.81. The van der Waals surface area contributed by atoms with Crippen LogP contribution in [0.1, 0.15) is 22.8 Å². The summed E-state index contributed by atoms with van der Waals surface area (Å²) in [6.45, 7) is 2.10. The Morgan fingerprint density at radius 3 is 2.35 bits per heavy atom. The number of amides is 1. The molecule has 118 valence electrons. The van der Waals surface area contributed by atoms with Gasteiger partial charge in [0.2, 0.25) is 0 Å². The first kappa shape index (κ1) is 16.8. The molecule has 0 spiro atoms. The molecule has 0 bridgehead atoms. The SMILES string of the molecule is CCOC(=O)/C=C/c1ccc(NC(=O)c2ccc(Cl)cc2)cc1. The maximum Gasteiger partial charge on any atom is 0.330 e. The number of anilines is 1. The number of nitrogens with one attached hydrogen (secondary N) is 1. The van der Waals surface area contributed by atoms with E-state index in [1.54, 1.807) is 61.5 Å². The maximum absolute atomic E-state index is 12.1. The number of carbonyl (C=O) groups excluding carboxylic acids is 2. The smallest absolute Gasteiger partial charge is 0.330 e. The standard InChI is InChI=1S/C18H16ClNO3/c1-2-23-17(21)12-5-13-3-10-16(11-4-13)20-18(22)14-6-8-15(19)9-7-14/h3-12H,2H2,1H3,(H,20,22)/b12-5+. The van der Waals surface area contributed by atoms with Crippen LogP contribution >= 0.6 is 11.6 Å². The fourth-order valence-corrected chi connectivity index (χ4v) is 1.96. The van der Waals surface area contributed by atoms with Crippen molar-refractivity contribution in [3.05, 3.63) is 70.8 Å². The molecule has 2 rings (SSSR count). The first-order valence-electron chi connectivity index (χ1n) is 7.10. The van der Waals surface area contributed by atoms with Crippen LogP contribution in [0, 0.1) is 0 Å². The van der Waals surface area contributed by atoms with Gasteiger partial charge < -0.3 is 10.1 Å². The zero-order valence-corrected chi connectivity index (χ0v) is 13.3. The molecule has 0 radical (unpaired) electrons. The summed E-state index contributed by atoms with van der Waals surface area (Å²) in [5, 5.41) is 3.37. The van der Waals surface area contributed by atoms with Crippen molar-refractivity contribution < 1.29 is 14.3 Å². The second-order valence-corrected chi connectivity index (χ2v) is 5.10. The Morgan fingerprint density at radius 1 is 1.09 bits per heavy atom. The summed E-state index contributed by atoms with van der Waals surface area (Å²) in [7, 11) is 0. The molecule has 0 aliphatic heterocycles. The number of hydrogen-bond acceptors (Lipinski definition) is 3. The van der Waals surface area contributed by atoms with Crippen molar-refractivity contribution in [2.45, 2.75) is 6.92 Å². The van der Waals surface area contributed by atoms with E-state index in [9.17, 15) is 9.59 Å². The van der Waals surface area contributed by atoms with Gasteiger partial charge in [-0.3, -0.25) is 4.79 Å². The van der Waals surface area contributed by atoms with Gasteiger partial charge >= 0.3 is 5.97 Å². The van der Waals surface area contributed by atoms with Crippen LogP contribution in [0.2, 0.25) is 5.02 Å². The number of ether oxygens (including phenoxy) is 1. The van der Waals surface area contributed by atoms with Crippen molar-refractivity contribution >= 4 is 35.2 Å². The summed E-state index contributed by atoms with van der Waals surface area (Å²) in [4.78, 5) is 23.3. The molecular formula is C18H16ClNO3. The van der Waals surface area contributed by atoms with Crippen LogP contribution in [0.15, 0.2) is 54.6 Å². The van der Waals surface area contributed by atoms with Gasteiger partial charge in [-0.05, 0) is 55.0 Å². The van der Waals surface area contributed by atoms with Crippen LogP contribution in [0.25, 0.3) is 6.08 Å². The molecule has 4 nitrogen and oxygen atoms in total. The molecule has 23 heavy (non-hydrogen) atoms. The molecule has 5 heteroatoms. The first-order valence-corrected chi connectivity index (χ1v) is 7.48. The zero-order chi connectivity index (χ0) is 16.7.